The van der Waals surface area contributed by atoms with Gasteiger partial charge in [-0.15, -0.1) is 0 Å². The fourth-order valence-electron chi connectivity index (χ4n) is 2.71. The zero-order chi connectivity index (χ0) is 15.7. The molecule has 118 valence electrons. The van der Waals surface area contributed by atoms with Crippen molar-refractivity contribution in [3.63, 3.8) is 0 Å². The number of nitro groups is 1. The van der Waals surface area contributed by atoms with Crippen LogP contribution in [0.4, 0.5) is 11.4 Å². The third-order valence-corrected chi connectivity index (χ3v) is 3.82. The maximum absolute atomic E-state index is 11.4. The number of hydrogen-bond acceptors (Lipinski definition) is 8. The molecule has 1 saturated heterocycles. The summed E-state index contributed by atoms with van der Waals surface area (Å²) in [5.74, 6) is 0. The third-order valence-electron chi connectivity index (χ3n) is 3.82. The van der Waals surface area contributed by atoms with Crippen LogP contribution in [0.3, 0.4) is 0 Å². The topological polar surface area (TPSA) is 123 Å². The van der Waals surface area contributed by atoms with Crippen LogP contribution >= 0.6 is 0 Å². The van der Waals surface area contributed by atoms with Crippen molar-refractivity contribution in [2.75, 3.05) is 44.2 Å². The van der Waals surface area contributed by atoms with Crippen LogP contribution in [-0.2, 0) is 0 Å². The van der Waals surface area contributed by atoms with Gasteiger partial charge in [0, 0.05) is 32.7 Å². The van der Waals surface area contributed by atoms with Crippen LogP contribution in [0.2, 0.25) is 0 Å². The van der Waals surface area contributed by atoms with Crippen molar-refractivity contribution in [2.45, 2.75) is 0 Å². The number of fused-ring (bicyclic) bond motifs is 1. The molecular weight excluding hydrogens is 294 g/mol. The van der Waals surface area contributed by atoms with E-state index >= 15 is 0 Å². The largest absolute Gasteiger partial charge is 0.395 e. The summed E-state index contributed by atoms with van der Waals surface area (Å²) < 4.78 is 4.45. The van der Waals surface area contributed by atoms with E-state index in [-0.39, 0.29) is 28.2 Å². The molecule has 1 aromatic heterocycles. The molecule has 0 unspecified atom stereocenters. The summed E-state index contributed by atoms with van der Waals surface area (Å²) in [4.78, 5) is 15.0. The molecule has 10 heteroatoms. The molecule has 3 rings (SSSR count). The van der Waals surface area contributed by atoms with Gasteiger partial charge in [-0.1, -0.05) is 0 Å². The van der Waals surface area contributed by atoms with E-state index in [1.54, 1.807) is 6.07 Å². The fourth-order valence-corrected chi connectivity index (χ4v) is 2.71. The van der Waals surface area contributed by atoms with Crippen molar-refractivity contribution in [1.29, 1.82) is 0 Å². The first-order chi connectivity index (χ1) is 10.6. The Morgan fingerprint density at radius 1 is 1.36 bits per heavy atom. The third kappa shape index (κ3) is 2.42. The molecular formula is C12H15N5O5. The van der Waals surface area contributed by atoms with E-state index in [0.29, 0.717) is 38.4 Å². The SMILES string of the molecule is O=[N+]([O-])c1c(N2CCN(CCO)CC2)ccc2c1no[n+]2[O-]. The first kappa shape index (κ1) is 14.5. The molecule has 0 radical (unpaired) electrons. The van der Waals surface area contributed by atoms with Crippen LogP contribution in [0.1, 0.15) is 0 Å². The first-order valence-corrected chi connectivity index (χ1v) is 6.87. The number of benzene rings is 1. The summed E-state index contributed by atoms with van der Waals surface area (Å²) in [6, 6.07) is 3.02. The zero-order valence-electron chi connectivity index (χ0n) is 11.7. The minimum absolute atomic E-state index is 0.0365. The van der Waals surface area contributed by atoms with Crippen molar-refractivity contribution in [1.82, 2.24) is 10.1 Å². The van der Waals surface area contributed by atoms with Gasteiger partial charge >= 0.3 is 11.2 Å². The van der Waals surface area contributed by atoms with Crippen LogP contribution in [-0.4, -0.2) is 59.4 Å². The summed E-state index contributed by atoms with van der Waals surface area (Å²) in [5.41, 5.74) is 0.200. The number of aliphatic hydroxyl groups is 1. The molecule has 0 atom stereocenters. The highest BCUT2D eigenvalue weighted by Crippen LogP contribution is 2.34. The van der Waals surface area contributed by atoms with E-state index in [2.05, 4.69) is 14.7 Å². The molecule has 0 spiro atoms. The van der Waals surface area contributed by atoms with E-state index in [9.17, 15) is 15.3 Å². The van der Waals surface area contributed by atoms with Gasteiger partial charge in [0.15, 0.2) is 0 Å². The fraction of sp³-hybridized carbons (Fsp3) is 0.500. The van der Waals surface area contributed by atoms with Crippen molar-refractivity contribution in [3.8, 4) is 0 Å². The average molecular weight is 309 g/mol. The van der Waals surface area contributed by atoms with Crippen molar-refractivity contribution in [2.24, 2.45) is 0 Å². The summed E-state index contributed by atoms with van der Waals surface area (Å²) in [7, 11) is 0. The Bertz CT molecular complexity index is 695. The highest BCUT2D eigenvalue weighted by atomic mass is 16.8. The number of aliphatic hydroxyl groups excluding tert-OH is 1. The number of piperazine rings is 1. The van der Waals surface area contributed by atoms with Gasteiger partial charge in [-0.2, -0.15) is 0 Å². The highest BCUT2D eigenvalue weighted by molar-refractivity contribution is 5.89. The molecule has 1 aromatic carbocycles. The first-order valence-electron chi connectivity index (χ1n) is 6.87. The zero-order valence-corrected chi connectivity index (χ0v) is 11.7. The van der Waals surface area contributed by atoms with Gasteiger partial charge in [-0.3, -0.25) is 19.6 Å². The van der Waals surface area contributed by atoms with Gasteiger partial charge in [0.2, 0.25) is 5.52 Å². The van der Waals surface area contributed by atoms with Gasteiger partial charge in [0.05, 0.1) is 16.7 Å². The van der Waals surface area contributed by atoms with Crippen LogP contribution in [0.15, 0.2) is 16.8 Å². The van der Waals surface area contributed by atoms with Crippen LogP contribution in [0.25, 0.3) is 11.0 Å². The number of nitrogens with zero attached hydrogens (tertiary/aromatic N) is 5. The van der Waals surface area contributed by atoms with E-state index in [1.165, 1.54) is 6.07 Å². The second kappa shape index (κ2) is 5.73. The minimum atomic E-state index is -0.541. The van der Waals surface area contributed by atoms with Gasteiger partial charge in [-0.25, -0.2) is 0 Å². The molecule has 2 aromatic rings. The normalized spacial score (nSPS) is 16.3. The molecule has 22 heavy (non-hydrogen) atoms. The minimum Gasteiger partial charge on any atom is -0.395 e. The summed E-state index contributed by atoms with van der Waals surface area (Å²) >= 11 is 0. The van der Waals surface area contributed by atoms with Crippen molar-refractivity contribution < 1.29 is 19.6 Å². The predicted molar refractivity (Wildman–Crippen MR) is 75.4 cm³/mol. The summed E-state index contributed by atoms with van der Waals surface area (Å²) in [6.07, 6.45) is 0. The lowest BCUT2D eigenvalue weighted by Gasteiger charge is -2.35. The Morgan fingerprint density at radius 2 is 2.09 bits per heavy atom. The van der Waals surface area contributed by atoms with Crippen LogP contribution < -0.4 is 9.80 Å². The maximum atomic E-state index is 11.4. The highest BCUT2D eigenvalue weighted by Gasteiger charge is 2.31. The number of nitro benzene ring substituents is 1. The standard InChI is InChI=1S/C12H15N5O5/c18-8-7-14-3-5-15(6-4-14)10-2-1-9-11(12(10)16(19)20)13-22-17(9)21/h1-2,18H,3-8H2. The molecule has 0 amide bonds. The lowest BCUT2D eigenvalue weighted by molar-refractivity contribution is -0.782. The second-order valence-corrected chi connectivity index (χ2v) is 5.04. The van der Waals surface area contributed by atoms with Gasteiger partial charge in [-0.05, 0) is 17.0 Å². The van der Waals surface area contributed by atoms with Crippen molar-refractivity contribution >= 4 is 22.4 Å². The molecule has 10 nitrogen and oxygen atoms in total. The molecule has 1 fully saturated rings. The number of rotatable bonds is 4. The van der Waals surface area contributed by atoms with E-state index in [1.807, 2.05) is 4.90 Å². The molecule has 0 bridgehead atoms. The molecule has 0 aliphatic carbocycles. The molecule has 0 saturated carbocycles. The molecule has 1 aliphatic heterocycles. The Morgan fingerprint density at radius 3 is 2.73 bits per heavy atom. The van der Waals surface area contributed by atoms with E-state index in [0.717, 1.165) is 0 Å². The quantitative estimate of drug-likeness (QED) is 0.455. The van der Waals surface area contributed by atoms with Crippen LogP contribution in [0, 0.1) is 15.3 Å². The smallest absolute Gasteiger partial charge is 0.350 e. The second-order valence-electron chi connectivity index (χ2n) is 5.04. The van der Waals surface area contributed by atoms with Crippen LogP contribution in [0.5, 0.6) is 0 Å². The average Bonchev–Trinajstić information content (AvgIpc) is 2.89. The summed E-state index contributed by atoms with van der Waals surface area (Å²) in [5, 5.41) is 35.2. The number of hydrogen-bond donors (Lipinski definition) is 1. The predicted octanol–water partition coefficient (Wildman–Crippen LogP) is -0.516. The van der Waals surface area contributed by atoms with Gasteiger partial charge in [0.1, 0.15) is 5.69 Å². The Hall–Kier alpha value is -2.46. The molecule has 1 N–H and O–H groups in total. The Kier molecular flexibility index (Phi) is 3.77. The molecule has 2 heterocycles. The lowest BCUT2D eigenvalue weighted by atomic mass is 10.2. The number of aromatic nitrogens is 2. The number of anilines is 1. The van der Waals surface area contributed by atoms with Gasteiger partial charge in [0.25, 0.3) is 0 Å². The maximum Gasteiger partial charge on any atom is 0.350 e. The lowest BCUT2D eigenvalue weighted by Crippen LogP contribution is -2.47. The van der Waals surface area contributed by atoms with E-state index < -0.39 is 4.92 Å². The Balaban J connectivity index is 1.94. The van der Waals surface area contributed by atoms with Gasteiger partial charge < -0.3 is 15.2 Å². The van der Waals surface area contributed by atoms with E-state index in [4.69, 9.17) is 5.11 Å². The summed E-state index contributed by atoms with van der Waals surface area (Å²) in [6.45, 7) is 3.29. The number of β-amino-alcohol motifs (C(OH)–C–C–N with tert-alkyl or cyclic N) is 1. The Labute approximate surface area is 124 Å². The van der Waals surface area contributed by atoms with Crippen molar-refractivity contribution in [3.05, 3.63) is 27.5 Å². The molecule has 1 aliphatic rings. The monoisotopic (exact) mass is 309 g/mol.